The van der Waals surface area contributed by atoms with Crippen molar-refractivity contribution in [3.8, 4) is 0 Å². The van der Waals surface area contributed by atoms with Gasteiger partial charge in [0.05, 0.1) is 0 Å². The molecule has 0 atom stereocenters. The highest BCUT2D eigenvalue weighted by atomic mass is 79.9. The molecule has 4 N–H and O–H groups in total. The number of carbonyl (C=O) groups is 1. The molecule has 0 aliphatic carbocycles. The van der Waals surface area contributed by atoms with Crippen LogP contribution in [0.15, 0.2) is 52.1 Å². The van der Waals surface area contributed by atoms with Crippen molar-refractivity contribution >= 4 is 33.4 Å². The van der Waals surface area contributed by atoms with Crippen LogP contribution in [0.2, 0.25) is 0 Å². The fourth-order valence-corrected chi connectivity index (χ4v) is 2.13. The summed E-state index contributed by atoms with van der Waals surface area (Å²) in [5.41, 5.74) is 8.23. The molecule has 2 aromatic carbocycles. The number of amides is 1. The summed E-state index contributed by atoms with van der Waals surface area (Å²) in [7, 11) is 0. The highest BCUT2D eigenvalue weighted by molar-refractivity contribution is 9.10. The third-order valence-corrected chi connectivity index (χ3v) is 3.49. The summed E-state index contributed by atoms with van der Waals surface area (Å²) in [6.07, 6.45) is 0. The summed E-state index contributed by atoms with van der Waals surface area (Å²) >= 11 is 3.37. The van der Waals surface area contributed by atoms with E-state index in [1.165, 1.54) is 0 Å². The molecule has 0 spiro atoms. The van der Waals surface area contributed by atoms with Crippen LogP contribution in [0.4, 0.5) is 5.69 Å². The maximum absolute atomic E-state index is 12.2. The van der Waals surface area contributed by atoms with E-state index in [9.17, 15) is 4.79 Å². The first kappa shape index (κ1) is 15.1. The van der Waals surface area contributed by atoms with Crippen molar-refractivity contribution < 1.29 is 10.0 Å². The molecule has 0 fully saturated rings. The van der Waals surface area contributed by atoms with Crippen LogP contribution in [-0.2, 0) is 0 Å². The molecule has 0 radical (unpaired) electrons. The van der Waals surface area contributed by atoms with Gasteiger partial charge in [-0.2, -0.15) is 0 Å². The van der Waals surface area contributed by atoms with Crippen molar-refractivity contribution in [2.24, 2.45) is 10.9 Å². The van der Waals surface area contributed by atoms with Crippen LogP contribution in [0, 0.1) is 6.92 Å². The number of amidine groups is 1. The lowest BCUT2D eigenvalue weighted by atomic mass is 10.1. The lowest BCUT2D eigenvalue weighted by Crippen LogP contribution is -2.15. The molecule has 0 aromatic heterocycles. The number of benzene rings is 2. The molecule has 0 aliphatic rings. The Morgan fingerprint density at radius 3 is 2.43 bits per heavy atom. The fourth-order valence-electron chi connectivity index (χ4n) is 1.77. The second-order valence-corrected chi connectivity index (χ2v) is 5.39. The van der Waals surface area contributed by atoms with Gasteiger partial charge in [0, 0.05) is 21.3 Å². The molecule has 0 aliphatic heterocycles. The van der Waals surface area contributed by atoms with Crippen molar-refractivity contribution in [3.05, 3.63) is 63.6 Å². The van der Waals surface area contributed by atoms with Gasteiger partial charge in [0.2, 0.25) is 0 Å². The third-order valence-electron chi connectivity index (χ3n) is 3.00. The first-order valence-corrected chi connectivity index (χ1v) is 6.96. The molecule has 21 heavy (non-hydrogen) atoms. The Morgan fingerprint density at radius 1 is 1.19 bits per heavy atom. The van der Waals surface area contributed by atoms with Gasteiger partial charge in [-0.1, -0.05) is 39.3 Å². The van der Waals surface area contributed by atoms with Crippen molar-refractivity contribution in [3.63, 3.8) is 0 Å². The van der Waals surface area contributed by atoms with E-state index < -0.39 is 0 Å². The zero-order valence-corrected chi connectivity index (χ0v) is 12.9. The van der Waals surface area contributed by atoms with Gasteiger partial charge in [-0.25, -0.2) is 0 Å². The summed E-state index contributed by atoms with van der Waals surface area (Å²) in [5.74, 6) is -0.216. The number of nitrogens with zero attached hydrogens (tertiary/aromatic N) is 1. The monoisotopic (exact) mass is 347 g/mol. The van der Waals surface area contributed by atoms with Crippen LogP contribution >= 0.6 is 15.9 Å². The van der Waals surface area contributed by atoms with Crippen LogP contribution in [0.25, 0.3) is 0 Å². The highest BCUT2D eigenvalue weighted by Crippen LogP contribution is 2.21. The van der Waals surface area contributed by atoms with Gasteiger partial charge in [0.25, 0.3) is 5.91 Å². The molecule has 2 rings (SSSR count). The Hall–Kier alpha value is -2.34. The number of carbonyl (C=O) groups excluding carboxylic acids is 1. The number of oxime groups is 1. The third kappa shape index (κ3) is 3.61. The van der Waals surface area contributed by atoms with Crippen LogP contribution < -0.4 is 11.1 Å². The average Bonchev–Trinajstić information content (AvgIpc) is 2.50. The smallest absolute Gasteiger partial charge is 0.255 e. The number of hydrogen-bond donors (Lipinski definition) is 3. The second-order valence-electron chi connectivity index (χ2n) is 4.48. The Labute approximate surface area is 130 Å². The van der Waals surface area contributed by atoms with E-state index in [-0.39, 0.29) is 11.7 Å². The van der Waals surface area contributed by atoms with Gasteiger partial charge in [-0.15, -0.1) is 0 Å². The van der Waals surface area contributed by atoms with E-state index in [4.69, 9.17) is 10.9 Å². The zero-order chi connectivity index (χ0) is 15.4. The summed E-state index contributed by atoms with van der Waals surface area (Å²) in [5, 5.41) is 14.4. The van der Waals surface area contributed by atoms with Gasteiger partial charge < -0.3 is 16.3 Å². The number of rotatable bonds is 3. The Balaban J connectivity index is 2.19. The minimum Gasteiger partial charge on any atom is -0.409 e. The molecular formula is C15H14BrN3O2. The van der Waals surface area contributed by atoms with Crippen LogP contribution in [0.3, 0.4) is 0 Å². The summed E-state index contributed by atoms with van der Waals surface area (Å²) in [6, 6.07) is 12.2. The van der Waals surface area contributed by atoms with Crippen molar-refractivity contribution in [2.45, 2.75) is 6.92 Å². The molecule has 0 unspecified atom stereocenters. The fraction of sp³-hybridized carbons (Fsp3) is 0.0667. The second kappa shape index (κ2) is 6.41. The lowest BCUT2D eigenvalue weighted by molar-refractivity contribution is 0.102. The molecule has 108 valence electrons. The van der Waals surface area contributed by atoms with Crippen LogP contribution in [0.1, 0.15) is 21.5 Å². The number of nitrogens with two attached hydrogens (primary N) is 1. The number of halogens is 1. The quantitative estimate of drug-likeness (QED) is 0.345. The minimum absolute atomic E-state index is 0.00444. The van der Waals surface area contributed by atoms with Crippen LogP contribution in [-0.4, -0.2) is 17.0 Å². The number of aryl methyl sites for hydroxylation is 1. The molecular weight excluding hydrogens is 334 g/mol. The maximum Gasteiger partial charge on any atom is 0.255 e. The summed E-state index contributed by atoms with van der Waals surface area (Å²) < 4.78 is 0.894. The molecule has 0 saturated carbocycles. The Bertz CT molecular complexity index is 697. The number of hydrogen-bond acceptors (Lipinski definition) is 3. The zero-order valence-electron chi connectivity index (χ0n) is 11.3. The molecule has 0 saturated heterocycles. The molecule has 5 nitrogen and oxygen atoms in total. The normalized spacial score (nSPS) is 11.2. The van der Waals surface area contributed by atoms with Gasteiger partial charge in [-0.3, -0.25) is 4.79 Å². The minimum atomic E-state index is -0.220. The predicted molar refractivity (Wildman–Crippen MR) is 85.8 cm³/mol. The standard InChI is InChI=1S/C15H14BrN3O2/c1-9-2-7-12(16)8-13(9)18-15(20)11-5-3-10(4-6-11)14(17)19-21/h2-8,21H,1H3,(H2,17,19)(H,18,20). The van der Waals surface area contributed by atoms with Crippen molar-refractivity contribution in [1.29, 1.82) is 0 Å². The van der Waals surface area contributed by atoms with Gasteiger partial charge in [-0.05, 0) is 36.8 Å². The largest absolute Gasteiger partial charge is 0.409 e. The van der Waals surface area contributed by atoms with Gasteiger partial charge in [0.1, 0.15) is 0 Å². The molecule has 2 aromatic rings. The summed E-state index contributed by atoms with van der Waals surface area (Å²) in [6.45, 7) is 1.92. The van der Waals surface area contributed by atoms with Crippen LogP contribution in [0.5, 0.6) is 0 Å². The van der Waals surface area contributed by atoms with Gasteiger partial charge in [0.15, 0.2) is 5.84 Å². The SMILES string of the molecule is Cc1ccc(Br)cc1NC(=O)c1ccc(/C(N)=N/O)cc1. The number of anilines is 1. The van der Waals surface area contributed by atoms with Crippen molar-refractivity contribution in [2.75, 3.05) is 5.32 Å². The van der Waals surface area contributed by atoms with E-state index in [2.05, 4.69) is 26.4 Å². The van der Waals surface area contributed by atoms with Gasteiger partial charge >= 0.3 is 0 Å². The highest BCUT2D eigenvalue weighted by Gasteiger charge is 2.09. The van der Waals surface area contributed by atoms with E-state index >= 15 is 0 Å². The maximum atomic E-state index is 12.2. The van der Waals surface area contributed by atoms with E-state index in [0.29, 0.717) is 11.1 Å². The average molecular weight is 348 g/mol. The molecule has 1 amide bonds. The lowest BCUT2D eigenvalue weighted by Gasteiger charge is -2.09. The molecule has 0 bridgehead atoms. The van der Waals surface area contributed by atoms with Crippen molar-refractivity contribution in [1.82, 2.24) is 0 Å². The molecule has 6 heteroatoms. The van der Waals surface area contributed by atoms with E-state index in [0.717, 1.165) is 15.7 Å². The Morgan fingerprint density at radius 2 is 1.81 bits per heavy atom. The Kier molecular flexibility index (Phi) is 4.59. The number of nitrogens with one attached hydrogen (secondary N) is 1. The summed E-state index contributed by atoms with van der Waals surface area (Å²) in [4.78, 5) is 12.2. The first-order valence-electron chi connectivity index (χ1n) is 6.16. The topological polar surface area (TPSA) is 87.7 Å². The van der Waals surface area contributed by atoms with E-state index in [1.54, 1.807) is 24.3 Å². The molecule has 0 heterocycles. The first-order chi connectivity index (χ1) is 10.0. The predicted octanol–water partition coefficient (Wildman–Crippen LogP) is 3.10. The van der Waals surface area contributed by atoms with E-state index in [1.807, 2.05) is 25.1 Å².